The molecule has 2 atom stereocenters. The Bertz CT molecular complexity index is 1430. The number of hydrogen-bond donors (Lipinski definition) is 2. The van der Waals surface area contributed by atoms with Gasteiger partial charge in [-0.05, 0) is 84.1 Å². The molecule has 0 aromatic heterocycles. The topological polar surface area (TPSA) is 78.1 Å². The molecule has 3 aromatic rings. The number of fused-ring (bicyclic) bond motifs is 1. The molecular weight excluding hydrogens is 560 g/mol. The smallest absolute Gasteiger partial charge is 0.163 e. The van der Waals surface area contributed by atoms with Crippen LogP contribution in [0.25, 0.3) is 0 Å². The lowest BCUT2D eigenvalue weighted by atomic mass is 9.78. The van der Waals surface area contributed by atoms with Crippen LogP contribution in [0.2, 0.25) is 0 Å². The molecule has 5 rings (SSSR count). The van der Waals surface area contributed by atoms with E-state index in [1.165, 1.54) is 0 Å². The monoisotopic (exact) mass is 592 g/mol. The van der Waals surface area contributed by atoms with Crippen molar-refractivity contribution in [2.75, 3.05) is 32.0 Å². The number of hydrogen-bond acceptors (Lipinski definition) is 7. The van der Waals surface area contributed by atoms with Gasteiger partial charge in [0, 0.05) is 23.3 Å². The van der Waals surface area contributed by atoms with Crippen LogP contribution >= 0.6 is 15.9 Å². The molecule has 7 nitrogen and oxygen atoms in total. The zero-order valence-corrected chi connectivity index (χ0v) is 24.3. The second-order valence-corrected chi connectivity index (χ2v) is 10.8. The minimum Gasteiger partial charge on any atom is -0.496 e. The molecule has 0 bridgehead atoms. The first kappa shape index (κ1) is 26.9. The van der Waals surface area contributed by atoms with Gasteiger partial charge in [0.25, 0.3) is 0 Å². The number of nitrogens with one attached hydrogen (secondary N) is 2. The lowest BCUT2D eigenvalue weighted by Crippen LogP contribution is -2.27. The standard InChI is InChI=1S/C31H33BrN2O5/c1-17(2)39-26-11-10-18(14-29(26)38-5)19-12-24-30(25(35)13-19)31(34-23-9-7-6-8-22(23)33-24)20-15-28(37-4)21(32)16-27(20)36-3/h6-11,14-17,19,31,33-34H,12-13H2,1-5H3. The molecule has 204 valence electrons. The third kappa shape index (κ3) is 5.30. The molecule has 0 amide bonds. The summed E-state index contributed by atoms with van der Waals surface area (Å²) in [6, 6.07) is 17.3. The van der Waals surface area contributed by atoms with Gasteiger partial charge in [0.15, 0.2) is 17.3 Å². The van der Waals surface area contributed by atoms with Gasteiger partial charge in [-0.15, -0.1) is 0 Å². The van der Waals surface area contributed by atoms with E-state index in [9.17, 15) is 4.79 Å². The molecule has 0 saturated carbocycles. The Morgan fingerprint density at radius 3 is 2.26 bits per heavy atom. The number of carbonyl (C=O) groups is 1. The van der Waals surface area contributed by atoms with Crippen LogP contribution in [0.3, 0.4) is 0 Å². The number of allylic oxidation sites excluding steroid dienone is 1. The number of ketones is 1. The fourth-order valence-corrected chi connectivity index (χ4v) is 5.84. The lowest BCUT2D eigenvalue weighted by molar-refractivity contribution is -0.116. The highest BCUT2D eigenvalue weighted by atomic mass is 79.9. The van der Waals surface area contributed by atoms with Crippen molar-refractivity contribution in [1.29, 1.82) is 0 Å². The second kappa shape index (κ2) is 11.2. The summed E-state index contributed by atoms with van der Waals surface area (Å²) in [4.78, 5) is 14.0. The first-order valence-electron chi connectivity index (χ1n) is 13.0. The zero-order valence-electron chi connectivity index (χ0n) is 22.8. The van der Waals surface area contributed by atoms with E-state index in [4.69, 9.17) is 18.9 Å². The second-order valence-electron chi connectivity index (χ2n) is 9.97. The molecule has 1 heterocycles. The van der Waals surface area contributed by atoms with Crippen molar-refractivity contribution < 1.29 is 23.7 Å². The van der Waals surface area contributed by atoms with Crippen molar-refractivity contribution >= 4 is 33.1 Å². The highest BCUT2D eigenvalue weighted by molar-refractivity contribution is 9.10. The summed E-state index contributed by atoms with van der Waals surface area (Å²) in [5, 5.41) is 7.21. The van der Waals surface area contributed by atoms with Gasteiger partial charge < -0.3 is 29.6 Å². The molecule has 0 saturated heterocycles. The number of Topliss-reactive ketones (excluding diaryl/α,β-unsaturated/α-hetero) is 1. The van der Waals surface area contributed by atoms with Crippen molar-refractivity contribution in [3.05, 3.63) is 81.5 Å². The van der Waals surface area contributed by atoms with Gasteiger partial charge in [-0.1, -0.05) is 18.2 Å². The summed E-state index contributed by atoms with van der Waals surface area (Å²) in [5.41, 5.74) is 5.28. The van der Waals surface area contributed by atoms with Crippen molar-refractivity contribution in [3.63, 3.8) is 0 Å². The number of carbonyl (C=O) groups excluding carboxylic acids is 1. The van der Waals surface area contributed by atoms with Gasteiger partial charge in [0.2, 0.25) is 0 Å². The van der Waals surface area contributed by atoms with Gasteiger partial charge in [-0.2, -0.15) is 0 Å². The Balaban J connectivity index is 1.60. The average molecular weight is 594 g/mol. The number of methoxy groups -OCH3 is 3. The van der Waals surface area contributed by atoms with E-state index >= 15 is 0 Å². The number of ether oxygens (including phenoxy) is 4. The first-order valence-corrected chi connectivity index (χ1v) is 13.8. The van der Waals surface area contributed by atoms with E-state index in [1.807, 2.05) is 68.4 Å². The molecule has 0 radical (unpaired) electrons. The fourth-order valence-electron chi connectivity index (χ4n) is 5.36. The molecule has 1 aliphatic heterocycles. The average Bonchev–Trinajstić information content (AvgIpc) is 3.09. The van der Waals surface area contributed by atoms with Crippen molar-refractivity contribution in [3.8, 4) is 23.0 Å². The van der Waals surface area contributed by atoms with E-state index in [2.05, 4.69) is 26.6 Å². The minimum atomic E-state index is -0.432. The molecule has 3 aromatic carbocycles. The maximum absolute atomic E-state index is 14.0. The van der Waals surface area contributed by atoms with Crippen LogP contribution in [0.15, 0.2) is 70.3 Å². The highest BCUT2D eigenvalue weighted by Gasteiger charge is 2.37. The van der Waals surface area contributed by atoms with Gasteiger partial charge in [-0.3, -0.25) is 4.79 Å². The molecule has 1 aliphatic carbocycles. The predicted molar refractivity (Wildman–Crippen MR) is 156 cm³/mol. The Kier molecular flexibility index (Phi) is 7.75. The van der Waals surface area contributed by atoms with Crippen LogP contribution in [0.4, 0.5) is 11.4 Å². The van der Waals surface area contributed by atoms with Gasteiger partial charge in [0.05, 0.1) is 49.3 Å². The number of rotatable bonds is 7. The summed E-state index contributed by atoms with van der Waals surface area (Å²) >= 11 is 3.56. The third-order valence-corrected chi connectivity index (χ3v) is 7.77. The summed E-state index contributed by atoms with van der Waals surface area (Å²) in [5.74, 6) is 2.74. The molecule has 2 unspecified atom stereocenters. The molecule has 0 fully saturated rings. The van der Waals surface area contributed by atoms with Crippen LogP contribution in [-0.2, 0) is 4.79 Å². The van der Waals surface area contributed by atoms with Crippen molar-refractivity contribution in [2.24, 2.45) is 0 Å². The zero-order chi connectivity index (χ0) is 27.7. The van der Waals surface area contributed by atoms with Crippen molar-refractivity contribution in [1.82, 2.24) is 0 Å². The third-order valence-electron chi connectivity index (χ3n) is 7.15. The van der Waals surface area contributed by atoms with Crippen LogP contribution in [0.1, 0.15) is 49.8 Å². The molecule has 2 aliphatic rings. The van der Waals surface area contributed by atoms with E-state index in [0.717, 1.165) is 32.7 Å². The molecule has 2 N–H and O–H groups in total. The number of halogens is 1. The Morgan fingerprint density at radius 2 is 1.56 bits per heavy atom. The van der Waals surface area contributed by atoms with E-state index < -0.39 is 6.04 Å². The Hall–Kier alpha value is -3.65. The molecule has 39 heavy (non-hydrogen) atoms. The molecular formula is C31H33BrN2O5. The maximum atomic E-state index is 14.0. The number of para-hydroxylation sites is 2. The maximum Gasteiger partial charge on any atom is 0.163 e. The highest BCUT2D eigenvalue weighted by Crippen LogP contribution is 2.48. The molecule has 8 heteroatoms. The summed E-state index contributed by atoms with van der Waals surface area (Å²) in [6.07, 6.45) is 1.07. The number of benzene rings is 3. The fraction of sp³-hybridized carbons (Fsp3) is 0.323. The normalized spacial score (nSPS) is 18.4. The van der Waals surface area contributed by atoms with Crippen LogP contribution in [-0.4, -0.2) is 33.2 Å². The van der Waals surface area contributed by atoms with Gasteiger partial charge in [-0.25, -0.2) is 0 Å². The summed E-state index contributed by atoms with van der Waals surface area (Å²) in [7, 11) is 4.90. The Labute approximate surface area is 237 Å². The van der Waals surface area contributed by atoms with Gasteiger partial charge >= 0.3 is 0 Å². The van der Waals surface area contributed by atoms with Crippen molar-refractivity contribution in [2.45, 2.75) is 44.8 Å². The summed E-state index contributed by atoms with van der Waals surface area (Å²) in [6.45, 7) is 3.97. The largest absolute Gasteiger partial charge is 0.496 e. The van der Waals surface area contributed by atoms with E-state index in [-0.39, 0.29) is 17.8 Å². The summed E-state index contributed by atoms with van der Waals surface area (Å²) < 4.78 is 23.7. The van der Waals surface area contributed by atoms with Crippen LogP contribution in [0.5, 0.6) is 23.0 Å². The molecule has 0 spiro atoms. The lowest BCUT2D eigenvalue weighted by Gasteiger charge is -2.31. The minimum absolute atomic E-state index is 0.0157. The predicted octanol–water partition coefficient (Wildman–Crippen LogP) is 7.24. The van der Waals surface area contributed by atoms with E-state index in [1.54, 1.807) is 21.3 Å². The van der Waals surface area contributed by atoms with Crippen LogP contribution < -0.4 is 29.6 Å². The quantitative estimate of drug-likeness (QED) is 0.299. The SMILES string of the molecule is COc1cc(C2Nc3ccccc3NC3=C2C(=O)CC(c2ccc(OC(C)C)c(OC)c2)C3)c(OC)cc1Br. The number of anilines is 2. The van der Waals surface area contributed by atoms with E-state index in [0.29, 0.717) is 41.4 Å². The first-order chi connectivity index (χ1) is 18.8. The van der Waals surface area contributed by atoms with Gasteiger partial charge in [0.1, 0.15) is 11.5 Å². The van der Waals surface area contributed by atoms with Crippen LogP contribution in [0, 0.1) is 0 Å². The Morgan fingerprint density at radius 1 is 0.846 bits per heavy atom.